The van der Waals surface area contributed by atoms with E-state index >= 15 is 0 Å². The maximum atomic E-state index is 12.5. The molecule has 0 saturated carbocycles. The summed E-state index contributed by atoms with van der Waals surface area (Å²) in [6.45, 7) is 8.00. The van der Waals surface area contributed by atoms with E-state index in [1.165, 1.54) is 23.9 Å². The molecule has 0 spiro atoms. The highest BCUT2D eigenvalue weighted by atomic mass is 32.2. The van der Waals surface area contributed by atoms with Gasteiger partial charge in [0.25, 0.3) is 0 Å². The average Bonchev–Trinajstić information content (AvgIpc) is 2.64. The Morgan fingerprint density at radius 2 is 1.82 bits per heavy atom. The van der Waals surface area contributed by atoms with Crippen LogP contribution >= 0.6 is 11.8 Å². The van der Waals surface area contributed by atoms with Crippen LogP contribution in [0.1, 0.15) is 44.9 Å². The zero-order chi connectivity index (χ0) is 20.9. The lowest BCUT2D eigenvalue weighted by molar-refractivity contribution is -0.274. The van der Waals surface area contributed by atoms with E-state index in [1.54, 1.807) is 13.0 Å². The standard InChI is InChI=1S/C20H26F3N3OS/c1-6-13(7-2)24-18-16(8-3)25-17(19(26-18)28-5)15-10-9-14(11-12(15)4)27-20(21,22)23/h9-11,13H,6-8H2,1-5H3,(H,24,26). The van der Waals surface area contributed by atoms with Crippen molar-refractivity contribution in [2.24, 2.45) is 0 Å². The highest BCUT2D eigenvalue weighted by Gasteiger charge is 2.31. The first kappa shape index (κ1) is 22.3. The van der Waals surface area contributed by atoms with Gasteiger partial charge in [0.05, 0.1) is 5.69 Å². The van der Waals surface area contributed by atoms with Crippen molar-refractivity contribution in [2.45, 2.75) is 64.4 Å². The number of nitrogens with zero attached hydrogens (tertiary/aromatic N) is 2. The molecular formula is C20H26F3N3OS. The van der Waals surface area contributed by atoms with Gasteiger partial charge in [-0.1, -0.05) is 20.8 Å². The van der Waals surface area contributed by atoms with Crippen LogP contribution in [0.25, 0.3) is 11.3 Å². The fourth-order valence-electron chi connectivity index (χ4n) is 2.92. The number of nitrogens with one attached hydrogen (secondary N) is 1. The lowest BCUT2D eigenvalue weighted by Gasteiger charge is -2.20. The molecule has 1 N–H and O–H groups in total. The minimum atomic E-state index is -4.71. The molecule has 2 aromatic rings. The van der Waals surface area contributed by atoms with Crippen molar-refractivity contribution < 1.29 is 17.9 Å². The van der Waals surface area contributed by atoms with Gasteiger partial charge < -0.3 is 10.1 Å². The van der Waals surface area contributed by atoms with Crippen molar-refractivity contribution in [3.05, 3.63) is 29.5 Å². The third-order valence-corrected chi connectivity index (χ3v) is 5.15. The first-order valence-corrected chi connectivity index (χ1v) is 10.5. The molecule has 28 heavy (non-hydrogen) atoms. The molecule has 1 heterocycles. The van der Waals surface area contributed by atoms with Crippen LogP contribution in [0.5, 0.6) is 5.75 Å². The van der Waals surface area contributed by atoms with Gasteiger partial charge >= 0.3 is 6.36 Å². The van der Waals surface area contributed by atoms with Gasteiger partial charge in [0, 0.05) is 11.6 Å². The first-order valence-electron chi connectivity index (χ1n) is 9.30. The molecule has 154 valence electrons. The summed E-state index contributed by atoms with van der Waals surface area (Å²) in [5.74, 6) is 0.536. The van der Waals surface area contributed by atoms with Gasteiger partial charge in [0.1, 0.15) is 22.3 Å². The summed E-state index contributed by atoms with van der Waals surface area (Å²) < 4.78 is 41.4. The summed E-state index contributed by atoms with van der Waals surface area (Å²) in [5.41, 5.74) is 2.91. The molecule has 1 aromatic heterocycles. The predicted molar refractivity (Wildman–Crippen MR) is 108 cm³/mol. The fourth-order valence-corrected chi connectivity index (χ4v) is 3.45. The Morgan fingerprint density at radius 1 is 1.14 bits per heavy atom. The number of ether oxygens (including phenoxy) is 1. The maximum absolute atomic E-state index is 12.5. The molecule has 0 amide bonds. The van der Waals surface area contributed by atoms with E-state index in [4.69, 9.17) is 9.97 Å². The Kier molecular flexibility index (Phi) is 7.57. The number of rotatable bonds is 8. The van der Waals surface area contributed by atoms with Crippen LogP contribution in [0.3, 0.4) is 0 Å². The fraction of sp³-hybridized carbons (Fsp3) is 0.500. The highest BCUT2D eigenvalue weighted by Crippen LogP contribution is 2.34. The Balaban J connectivity index is 2.47. The van der Waals surface area contributed by atoms with Crippen molar-refractivity contribution >= 4 is 17.6 Å². The van der Waals surface area contributed by atoms with Gasteiger partial charge in [-0.3, -0.25) is 0 Å². The SMILES string of the molecule is CCc1nc(-c2ccc(OC(F)(F)F)cc2C)c(SC)nc1NC(CC)CC. The smallest absolute Gasteiger partial charge is 0.406 e. The number of alkyl halides is 3. The van der Waals surface area contributed by atoms with E-state index in [1.807, 2.05) is 13.2 Å². The van der Waals surface area contributed by atoms with Crippen molar-refractivity contribution in [3.8, 4) is 17.0 Å². The molecule has 0 unspecified atom stereocenters. The van der Waals surface area contributed by atoms with E-state index in [9.17, 15) is 13.2 Å². The second-order valence-electron chi connectivity index (χ2n) is 6.41. The first-order chi connectivity index (χ1) is 13.2. The number of hydrogen-bond acceptors (Lipinski definition) is 5. The van der Waals surface area contributed by atoms with Crippen LogP contribution in [0.2, 0.25) is 0 Å². The second kappa shape index (κ2) is 9.49. The molecule has 2 rings (SSSR count). The number of hydrogen-bond donors (Lipinski definition) is 1. The van der Waals surface area contributed by atoms with Crippen LogP contribution in [0.15, 0.2) is 23.2 Å². The molecule has 1 aromatic carbocycles. The number of benzene rings is 1. The Morgan fingerprint density at radius 3 is 2.32 bits per heavy atom. The van der Waals surface area contributed by atoms with Gasteiger partial charge in [0.2, 0.25) is 0 Å². The molecule has 0 bridgehead atoms. The molecule has 8 heteroatoms. The number of halogens is 3. The predicted octanol–water partition coefficient (Wildman–Crippen LogP) is 6.24. The molecule has 0 aliphatic heterocycles. The number of thioether (sulfide) groups is 1. The van der Waals surface area contributed by atoms with Gasteiger partial charge in [0.15, 0.2) is 0 Å². The Bertz CT molecular complexity index is 808. The minimum Gasteiger partial charge on any atom is -0.406 e. The van der Waals surface area contributed by atoms with E-state index in [2.05, 4.69) is 23.9 Å². The van der Waals surface area contributed by atoms with Crippen molar-refractivity contribution in [1.82, 2.24) is 9.97 Å². The van der Waals surface area contributed by atoms with Crippen LogP contribution in [-0.2, 0) is 6.42 Å². The van der Waals surface area contributed by atoms with Crippen molar-refractivity contribution in [1.29, 1.82) is 0 Å². The highest BCUT2D eigenvalue weighted by molar-refractivity contribution is 7.98. The van der Waals surface area contributed by atoms with Crippen LogP contribution in [0.4, 0.5) is 19.0 Å². The average molecular weight is 414 g/mol. The van der Waals surface area contributed by atoms with Gasteiger partial charge in [-0.05, 0) is 56.2 Å². The second-order valence-corrected chi connectivity index (χ2v) is 7.21. The molecule has 0 atom stereocenters. The minimum absolute atomic E-state index is 0.241. The van der Waals surface area contributed by atoms with Crippen LogP contribution < -0.4 is 10.1 Å². The zero-order valence-corrected chi connectivity index (χ0v) is 17.6. The van der Waals surface area contributed by atoms with Crippen molar-refractivity contribution in [2.75, 3.05) is 11.6 Å². The summed E-state index contributed by atoms with van der Waals surface area (Å²) >= 11 is 1.46. The van der Waals surface area contributed by atoms with Crippen LogP contribution in [0, 0.1) is 6.92 Å². The maximum Gasteiger partial charge on any atom is 0.573 e. The third-order valence-electron chi connectivity index (χ3n) is 4.48. The van der Waals surface area contributed by atoms with E-state index in [0.717, 1.165) is 34.9 Å². The lowest BCUT2D eigenvalue weighted by Crippen LogP contribution is -2.20. The number of aromatic nitrogens is 2. The summed E-state index contributed by atoms with van der Waals surface area (Å²) in [7, 11) is 0. The van der Waals surface area contributed by atoms with E-state index < -0.39 is 6.36 Å². The summed E-state index contributed by atoms with van der Waals surface area (Å²) in [5, 5.41) is 4.20. The molecule has 0 aliphatic carbocycles. The number of aryl methyl sites for hydroxylation is 2. The van der Waals surface area contributed by atoms with Gasteiger partial charge in [-0.25, -0.2) is 9.97 Å². The summed E-state index contributed by atoms with van der Waals surface area (Å²) in [6.07, 6.45) is -0.132. The van der Waals surface area contributed by atoms with Crippen molar-refractivity contribution in [3.63, 3.8) is 0 Å². The Hall–Kier alpha value is -1.96. The largest absolute Gasteiger partial charge is 0.573 e. The van der Waals surface area contributed by atoms with E-state index in [-0.39, 0.29) is 5.75 Å². The topological polar surface area (TPSA) is 47.0 Å². The van der Waals surface area contributed by atoms with Gasteiger partial charge in [-0.2, -0.15) is 0 Å². The molecular weight excluding hydrogens is 387 g/mol. The monoisotopic (exact) mass is 413 g/mol. The van der Waals surface area contributed by atoms with Crippen LogP contribution in [-0.4, -0.2) is 28.6 Å². The zero-order valence-electron chi connectivity index (χ0n) is 16.8. The molecule has 4 nitrogen and oxygen atoms in total. The third kappa shape index (κ3) is 5.53. The summed E-state index contributed by atoms with van der Waals surface area (Å²) in [6, 6.07) is 4.61. The molecule has 0 fully saturated rings. The van der Waals surface area contributed by atoms with Gasteiger partial charge in [-0.15, -0.1) is 24.9 Å². The Labute approximate surface area is 168 Å². The quantitative estimate of drug-likeness (QED) is 0.520. The number of anilines is 1. The molecule has 0 radical (unpaired) electrons. The normalized spacial score (nSPS) is 11.8. The lowest BCUT2D eigenvalue weighted by atomic mass is 10.1. The molecule has 0 saturated heterocycles. The molecule has 0 aliphatic rings. The van der Waals surface area contributed by atoms with E-state index in [0.29, 0.717) is 23.7 Å². The summed E-state index contributed by atoms with van der Waals surface area (Å²) in [4.78, 5) is 9.59.